The molecule has 24 heavy (non-hydrogen) atoms. The van der Waals surface area contributed by atoms with Crippen molar-refractivity contribution in [3.63, 3.8) is 0 Å². The predicted octanol–water partition coefficient (Wildman–Crippen LogP) is 3.06. The molecule has 1 aromatic carbocycles. The van der Waals surface area contributed by atoms with Crippen molar-refractivity contribution < 1.29 is 4.79 Å². The maximum absolute atomic E-state index is 12.0. The molecule has 6 heteroatoms. The second-order valence-corrected chi connectivity index (χ2v) is 7.04. The van der Waals surface area contributed by atoms with Gasteiger partial charge in [0.15, 0.2) is 0 Å². The fourth-order valence-corrected chi connectivity index (χ4v) is 3.56. The number of hydrogen-bond acceptors (Lipinski definition) is 3. The number of rotatable bonds is 6. The average molecular weight is 391 g/mol. The molecule has 1 aliphatic heterocycles. The summed E-state index contributed by atoms with van der Waals surface area (Å²) in [6.45, 7) is 1.63. The summed E-state index contributed by atoms with van der Waals surface area (Å²) >= 11 is 3.52. The molecule has 1 aliphatic rings. The second-order valence-electron chi connectivity index (χ2n) is 6.19. The zero-order valence-electron chi connectivity index (χ0n) is 13.8. The smallest absolute Gasteiger partial charge is 0.220 e. The quantitative estimate of drug-likeness (QED) is 0.824. The number of carbonyl (C=O) groups excluding carboxylic acids is 1. The van der Waals surface area contributed by atoms with E-state index in [4.69, 9.17) is 0 Å². The maximum Gasteiger partial charge on any atom is 0.220 e. The maximum atomic E-state index is 12.0. The molecular weight excluding hydrogens is 368 g/mol. The number of aryl methyl sites for hydroxylation is 2. The highest BCUT2D eigenvalue weighted by Crippen LogP contribution is 2.17. The van der Waals surface area contributed by atoms with Crippen LogP contribution in [0.25, 0.3) is 0 Å². The molecule has 0 bridgehead atoms. The number of hydrogen-bond donors (Lipinski definition) is 1. The van der Waals surface area contributed by atoms with Gasteiger partial charge in [0.2, 0.25) is 5.91 Å². The predicted molar refractivity (Wildman–Crippen MR) is 96.8 cm³/mol. The SMILES string of the molecule is O=C(CCc1ccccc1Br)NCCc1nnc2n1CCCCC2. The van der Waals surface area contributed by atoms with Gasteiger partial charge in [-0.05, 0) is 30.9 Å². The standard InChI is InChI=1S/C18H23BrN4O/c19-15-7-4-3-6-14(15)9-10-18(24)20-12-11-17-22-21-16-8-2-1-5-13-23(16)17/h3-4,6-7H,1-2,5,8-13H2,(H,20,24). The summed E-state index contributed by atoms with van der Waals surface area (Å²) in [7, 11) is 0. The van der Waals surface area contributed by atoms with Crippen molar-refractivity contribution in [1.29, 1.82) is 0 Å². The minimum atomic E-state index is 0.0846. The van der Waals surface area contributed by atoms with Crippen molar-refractivity contribution >= 4 is 21.8 Å². The number of benzene rings is 1. The molecule has 3 rings (SSSR count). The molecule has 5 nitrogen and oxygen atoms in total. The molecule has 0 aliphatic carbocycles. The summed E-state index contributed by atoms with van der Waals surface area (Å²) in [6.07, 6.45) is 6.65. The third-order valence-electron chi connectivity index (χ3n) is 4.44. The van der Waals surface area contributed by atoms with E-state index < -0.39 is 0 Å². The van der Waals surface area contributed by atoms with Gasteiger partial charge in [-0.1, -0.05) is 40.5 Å². The van der Waals surface area contributed by atoms with Crippen molar-refractivity contribution in [2.24, 2.45) is 0 Å². The first kappa shape index (κ1) is 17.1. The summed E-state index contributed by atoms with van der Waals surface area (Å²) in [4.78, 5) is 12.0. The highest BCUT2D eigenvalue weighted by atomic mass is 79.9. The van der Waals surface area contributed by atoms with Crippen molar-refractivity contribution in [2.45, 2.75) is 51.5 Å². The Morgan fingerprint density at radius 1 is 1.17 bits per heavy atom. The summed E-state index contributed by atoms with van der Waals surface area (Å²) in [5.74, 6) is 2.18. The summed E-state index contributed by atoms with van der Waals surface area (Å²) in [5.41, 5.74) is 1.16. The van der Waals surface area contributed by atoms with Crippen LogP contribution in [-0.4, -0.2) is 27.2 Å². The van der Waals surface area contributed by atoms with Crippen LogP contribution in [0.5, 0.6) is 0 Å². The summed E-state index contributed by atoms with van der Waals surface area (Å²) in [5, 5.41) is 11.6. The van der Waals surface area contributed by atoms with E-state index >= 15 is 0 Å². The Bertz CT molecular complexity index is 698. The number of fused-ring (bicyclic) bond motifs is 1. The highest BCUT2D eigenvalue weighted by molar-refractivity contribution is 9.10. The normalized spacial score (nSPS) is 14.0. The van der Waals surface area contributed by atoms with Crippen LogP contribution in [0, 0.1) is 0 Å². The molecule has 2 aromatic rings. The fraction of sp³-hybridized carbons (Fsp3) is 0.500. The molecule has 2 heterocycles. The van der Waals surface area contributed by atoms with E-state index in [1.54, 1.807) is 0 Å². The zero-order valence-corrected chi connectivity index (χ0v) is 15.4. The molecule has 0 saturated heterocycles. The number of nitrogens with one attached hydrogen (secondary N) is 1. The Morgan fingerprint density at radius 3 is 2.92 bits per heavy atom. The highest BCUT2D eigenvalue weighted by Gasteiger charge is 2.14. The molecule has 0 spiro atoms. The van der Waals surface area contributed by atoms with Gasteiger partial charge < -0.3 is 9.88 Å². The monoisotopic (exact) mass is 390 g/mol. The fourth-order valence-electron chi connectivity index (χ4n) is 3.08. The Hall–Kier alpha value is -1.69. The first-order chi connectivity index (χ1) is 11.7. The molecule has 1 amide bonds. The Labute approximate surface area is 151 Å². The van der Waals surface area contributed by atoms with Gasteiger partial charge in [0.1, 0.15) is 11.6 Å². The third kappa shape index (κ3) is 4.44. The van der Waals surface area contributed by atoms with Gasteiger partial charge in [-0.3, -0.25) is 4.79 Å². The van der Waals surface area contributed by atoms with Crippen LogP contribution in [-0.2, 0) is 30.6 Å². The largest absolute Gasteiger partial charge is 0.356 e. The third-order valence-corrected chi connectivity index (χ3v) is 5.21. The number of nitrogens with zero attached hydrogens (tertiary/aromatic N) is 3. The Morgan fingerprint density at radius 2 is 2.04 bits per heavy atom. The van der Waals surface area contributed by atoms with Gasteiger partial charge in [-0.2, -0.15) is 0 Å². The van der Waals surface area contributed by atoms with E-state index in [1.165, 1.54) is 19.3 Å². The molecule has 0 radical (unpaired) electrons. The summed E-state index contributed by atoms with van der Waals surface area (Å²) < 4.78 is 3.30. The van der Waals surface area contributed by atoms with Gasteiger partial charge in [-0.15, -0.1) is 10.2 Å². The number of carbonyl (C=O) groups is 1. The van der Waals surface area contributed by atoms with Gasteiger partial charge in [0.25, 0.3) is 0 Å². The van der Waals surface area contributed by atoms with Crippen LogP contribution in [0.2, 0.25) is 0 Å². The van der Waals surface area contributed by atoms with Crippen LogP contribution in [0.3, 0.4) is 0 Å². The Kier molecular flexibility index (Phi) is 6.01. The van der Waals surface area contributed by atoms with Crippen molar-refractivity contribution in [1.82, 2.24) is 20.1 Å². The zero-order chi connectivity index (χ0) is 16.8. The lowest BCUT2D eigenvalue weighted by Gasteiger charge is -2.08. The number of aromatic nitrogens is 3. The van der Waals surface area contributed by atoms with E-state index in [-0.39, 0.29) is 5.91 Å². The van der Waals surface area contributed by atoms with Gasteiger partial charge in [0, 0.05) is 36.8 Å². The molecule has 0 saturated carbocycles. The van der Waals surface area contributed by atoms with Crippen molar-refractivity contribution in [3.05, 3.63) is 46.0 Å². The molecule has 128 valence electrons. The van der Waals surface area contributed by atoms with Gasteiger partial charge in [0.05, 0.1) is 0 Å². The molecule has 0 fully saturated rings. The van der Waals surface area contributed by atoms with E-state index in [2.05, 4.69) is 36.0 Å². The van der Waals surface area contributed by atoms with Gasteiger partial charge in [-0.25, -0.2) is 0 Å². The summed E-state index contributed by atoms with van der Waals surface area (Å²) in [6, 6.07) is 8.03. The minimum absolute atomic E-state index is 0.0846. The van der Waals surface area contributed by atoms with Crippen LogP contribution in [0.4, 0.5) is 0 Å². The molecule has 0 unspecified atom stereocenters. The second kappa shape index (κ2) is 8.42. The lowest BCUT2D eigenvalue weighted by Crippen LogP contribution is -2.26. The molecular formula is C18H23BrN4O. The van der Waals surface area contributed by atoms with Crippen LogP contribution in [0.15, 0.2) is 28.7 Å². The first-order valence-corrected chi connectivity index (χ1v) is 9.44. The van der Waals surface area contributed by atoms with Crippen molar-refractivity contribution in [3.8, 4) is 0 Å². The molecule has 1 aromatic heterocycles. The van der Waals surface area contributed by atoms with E-state index in [9.17, 15) is 4.79 Å². The first-order valence-electron chi connectivity index (χ1n) is 8.65. The topological polar surface area (TPSA) is 59.8 Å². The van der Waals surface area contributed by atoms with Crippen molar-refractivity contribution in [2.75, 3.05) is 6.54 Å². The lowest BCUT2D eigenvalue weighted by atomic mass is 10.1. The van der Waals surface area contributed by atoms with E-state index in [0.717, 1.165) is 47.5 Å². The van der Waals surface area contributed by atoms with Crippen LogP contribution < -0.4 is 5.32 Å². The van der Waals surface area contributed by atoms with Crippen LogP contribution >= 0.6 is 15.9 Å². The van der Waals surface area contributed by atoms with Gasteiger partial charge >= 0.3 is 0 Å². The number of halogens is 1. The Balaban J connectivity index is 1.44. The van der Waals surface area contributed by atoms with E-state index in [1.807, 2.05) is 24.3 Å². The minimum Gasteiger partial charge on any atom is -0.356 e. The molecule has 1 N–H and O–H groups in total. The number of amides is 1. The van der Waals surface area contributed by atoms with E-state index in [0.29, 0.717) is 13.0 Å². The molecule has 0 atom stereocenters. The van der Waals surface area contributed by atoms with Crippen LogP contribution in [0.1, 0.15) is 42.9 Å². The lowest BCUT2D eigenvalue weighted by molar-refractivity contribution is -0.121. The average Bonchev–Trinajstić information content (AvgIpc) is 2.81.